The van der Waals surface area contributed by atoms with E-state index in [1.54, 1.807) is 48.2 Å². The molecule has 1 aliphatic heterocycles. The standard InChI is InChI=1S/C25H22N2O4S/c1-17-7-13-22(14-8-17)32(29,30)31-24(15-26)18(2)19-9-11-21(12-10-19)27-16-20-5-3-4-6-23(20)25(27)28/h3-14,18,24H,16H2,1-2H3. The molecule has 1 heterocycles. The van der Waals surface area contributed by atoms with Crippen molar-refractivity contribution in [1.29, 1.82) is 5.26 Å². The molecule has 0 aromatic heterocycles. The molecule has 0 radical (unpaired) electrons. The van der Waals surface area contributed by atoms with Crippen LogP contribution in [0.2, 0.25) is 0 Å². The van der Waals surface area contributed by atoms with Gasteiger partial charge >= 0.3 is 0 Å². The van der Waals surface area contributed by atoms with Gasteiger partial charge in [-0.05, 0) is 48.4 Å². The zero-order valence-corrected chi connectivity index (χ0v) is 18.5. The van der Waals surface area contributed by atoms with Crippen LogP contribution in [0.3, 0.4) is 0 Å². The molecule has 3 aromatic carbocycles. The molecule has 7 heteroatoms. The minimum absolute atomic E-state index is 0.0120. The van der Waals surface area contributed by atoms with Crippen LogP contribution in [0.15, 0.2) is 77.7 Å². The third kappa shape index (κ3) is 4.15. The first-order valence-corrected chi connectivity index (χ1v) is 11.6. The monoisotopic (exact) mass is 446 g/mol. The first-order valence-electron chi connectivity index (χ1n) is 10.2. The fourth-order valence-electron chi connectivity index (χ4n) is 3.71. The second-order valence-electron chi connectivity index (χ2n) is 7.84. The Hall–Kier alpha value is -3.47. The Morgan fingerprint density at radius 2 is 1.66 bits per heavy atom. The van der Waals surface area contributed by atoms with Gasteiger partial charge in [-0.1, -0.05) is 55.0 Å². The van der Waals surface area contributed by atoms with Crippen molar-refractivity contribution in [2.75, 3.05) is 4.90 Å². The molecule has 2 unspecified atom stereocenters. The molecule has 0 saturated carbocycles. The SMILES string of the molecule is Cc1ccc(S(=O)(=O)OC(C#N)C(C)c2ccc(N3Cc4ccccc4C3=O)cc2)cc1. The molecule has 4 rings (SSSR count). The number of fused-ring (bicyclic) bond motifs is 1. The molecule has 0 bridgehead atoms. The molecule has 3 aromatic rings. The van der Waals surface area contributed by atoms with Crippen molar-refractivity contribution in [2.24, 2.45) is 0 Å². The van der Waals surface area contributed by atoms with Crippen LogP contribution >= 0.6 is 0 Å². The Morgan fingerprint density at radius 3 is 2.28 bits per heavy atom. The molecule has 6 nitrogen and oxygen atoms in total. The van der Waals surface area contributed by atoms with Gasteiger partial charge < -0.3 is 4.90 Å². The van der Waals surface area contributed by atoms with E-state index in [-0.39, 0.29) is 10.8 Å². The number of aryl methyl sites for hydroxylation is 1. The average molecular weight is 447 g/mol. The maximum absolute atomic E-state index is 12.7. The lowest BCUT2D eigenvalue weighted by Gasteiger charge is -2.20. The van der Waals surface area contributed by atoms with Crippen molar-refractivity contribution in [3.05, 3.63) is 95.1 Å². The molecule has 0 N–H and O–H groups in total. The first kappa shape index (κ1) is 21.8. The highest BCUT2D eigenvalue weighted by atomic mass is 32.2. The summed E-state index contributed by atoms with van der Waals surface area (Å²) in [4.78, 5) is 14.4. The average Bonchev–Trinajstić information content (AvgIpc) is 3.14. The van der Waals surface area contributed by atoms with Gasteiger partial charge in [0.2, 0.25) is 0 Å². The predicted molar refractivity (Wildman–Crippen MR) is 121 cm³/mol. The van der Waals surface area contributed by atoms with Crippen molar-refractivity contribution in [3.8, 4) is 6.07 Å². The quantitative estimate of drug-likeness (QED) is 0.518. The van der Waals surface area contributed by atoms with E-state index in [1.807, 2.05) is 37.3 Å². The highest BCUT2D eigenvalue weighted by Crippen LogP contribution is 2.31. The summed E-state index contributed by atoms with van der Waals surface area (Å²) < 4.78 is 30.5. The van der Waals surface area contributed by atoms with Crippen molar-refractivity contribution in [3.63, 3.8) is 0 Å². The van der Waals surface area contributed by atoms with Gasteiger partial charge in [0, 0.05) is 17.2 Å². The molecule has 0 aliphatic carbocycles. The fraction of sp³-hybridized carbons (Fsp3) is 0.200. The summed E-state index contributed by atoms with van der Waals surface area (Å²) in [7, 11) is -4.08. The zero-order chi connectivity index (χ0) is 22.9. The maximum atomic E-state index is 12.7. The molecule has 32 heavy (non-hydrogen) atoms. The van der Waals surface area contributed by atoms with Crippen molar-refractivity contribution in [1.82, 2.24) is 0 Å². The van der Waals surface area contributed by atoms with E-state index in [9.17, 15) is 18.5 Å². The van der Waals surface area contributed by atoms with Crippen molar-refractivity contribution < 1.29 is 17.4 Å². The largest absolute Gasteiger partial charge is 0.304 e. The number of nitriles is 1. The Bertz CT molecular complexity index is 1290. The van der Waals surface area contributed by atoms with E-state index >= 15 is 0 Å². The van der Waals surface area contributed by atoms with Crippen LogP contribution in [0, 0.1) is 18.3 Å². The molecule has 1 amide bonds. The number of carbonyl (C=O) groups is 1. The van der Waals surface area contributed by atoms with Crippen LogP contribution in [0.1, 0.15) is 39.9 Å². The van der Waals surface area contributed by atoms with E-state index in [0.29, 0.717) is 12.1 Å². The van der Waals surface area contributed by atoms with Gasteiger partial charge in [-0.15, -0.1) is 0 Å². The Morgan fingerprint density at radius 1 is 1.00 bits per heavy atom. The van der Waals surface area contributed by atoms with Gasteiger partial charge in [0.15, 0.2) is 6.10 Å². The zero-order valence-electron chi connectivity index (χ0n) is 17.7. The van der Waals surface area contributed by atoms with E-state index in [0.717, 1.165) is 22.4 Å². The molecule has 1 aliphatic rings. The van der Waals surface area contributed by atoms with E-state index in [2.05, 4.69) is 0 Å². The summed E-state index contributed by atoms with van der Waals surface area (Å²) in [5.41, 5.74) is 4.08. The summed E-state index contributed by atoms with van der Waals surface area (Å²) in [6, 6.07) is 22.9. The summed E-state index contributed by atoms with van der Waals surface area (Å²) in [5, 5.41) is 9.58. The molecule has 0 spiro atoms. The number of anilines is 1. The Balaban J connectivity index is 1.50. The molecule has 162 valence electrons. The van der Waals surface area contributed by atoms with Gasteiger partial charge in [-0.3, -0.25) is 4.79 Å². The maximum Gasteiger partial charge on any atom is 0.298 e. The number of hydrogen-bond donors (Lipinski definition) is 0. The molecular formula is C25H22N2O4S. The summed E-state index contributed by atoms with van der Waals surface area (Å²) in [5.74, 6) is -0.551. The van der Waals surface area contributed by atoms with Crippen LogP contribution < -0.4 is 4.90 Å². The summed E-state index contributed by atoms with van der Waals surface area (Å²) in [6.45, 7) is 4.10. The number of amides is 1. The van der Waals surface area contributed by atoms with Crippen LogP contribution in [0.4, 0.5) is 5.69 Å². The molecule has 0 saturated heterocycles. The lowest BCUT2D eigenvalue weighted by molar-refractivity contribution is 0.0996. The van der Waals surface area contributed by atoms with E-state index < -0.39 is 22.1 Å². The summed E-state index contributed by atoms with van der Waals surface area (Å²) >= 11 is 0. The van der Waals surface area contributed by atoms with Crippen LogP contribution in [-0.2, 0) is 20.8 Å². The van der Waals surface area contributed by atoms with Gasteiger partial charge in [0.1, 0.15) is 0 Å². The number of hydrogen-bond acceptors (Lipinski definition) is 5. The number of carbonyl (C=O) groups excluding carboxylic acids is 1. The second kappa shape index (κ2) is 8.58. The first-order chi connectivity index (χ1) is 15.3. The third-order valence-corrected chi connectivity index (χ3v) is 6.98. The number of nitrogens with zero attached hydrogens (tertiary/aromatic N) is 2. The number of benzene rings is 3. The van der Waals surface area contributed by atoms with Crippen LogP contribution in [-0.4, -0.2) is 20.4 Å². The van der Waals surface area contributed by atoms with Gasteiger partial charge in [0.05, 0.1) is 17.5 Å². The lowest BCUT2D eigenvalue weighted by Crippen LogP contribution is -2.24. The minimum Gasteiger partial charge on any atom is -0.304 e. The normalized spacial score (nSPS) is 15.2. The van der Waals surface area contributed by atoms with Gasteiger partial charge in [-0.2, -0.15) is 13.7 Å². The minimum atomic E-state index is -4.08. The summed E-state index contributed by atoms with van der Waals surface area (Å²) in [6.07, 6.45) is -1.19. The van der Waals surface area contributed by atoms with Crippen molar-refractivity contribution in [2.45, 2.75) is 37.3 Å². The van der Waals surface area contributed by atoms with Crippen LogP contribution in [0.25, 0.3) is 0 Å². The van der Waals surface area contributed by atoms with E-state index in [4.69, 9.17) is 4.18 Å². The fourth-order valence-corrected chi connectivity index (χ4v) is 4.77. The topological polar surface area (TPSA) is 87.5 Å². The second-order valence-corrected chi connectivity index (χ2v) is 9.41. The Labute approximate surface area is 187 Å². The van der Waals surface area contributed by atoms with Gasteiger partial charge in [-0.25, -0.2) is 4.18 Å². The lowest BCUT2D eigenvalue weighted by atomic mass is 9.96. The predicted octanol–water partition coefficient (Wildman–Crippen LogP) is 4.56. The van der Waals surface area contributed by atoms with E-state index in [1.165, 1.54) is 12.1 Å². The highest BCUT2D eigenvalue weighted by Gasteiger charge is 2.29. The van der Waals surface area contributed by atoms with Gasteiger partial charge in [0.25, 0.3) is 16.0 Å². The van der Waals surface area contributed by atoms with Crippen LogP contribution in [0.5, 0.6) is 0 Å². The number of rotatable bonds is 6. The molecule has 2 atom stereocenters. The molecule has 0 fully saturated rings. The third-order valence-electron chi connectivity index (χ3n) is 5.67. The smallest absolute Gasteiger partial charge is 0.298 e. The highest BCUT2D eigenvalue weighted by molar-refractivity contribution is 7.86. The van der Waals surface area contributed by atoms with Crippen molar-refractivity contribution >= 4 is 21.7 Å². The molecular weight excluding hydrogens is 424 g/mol. The Kier molecular flexibility index (Phi) is 5.83.